The van der Waals surface area contributed by atoms with E-state index in [0.717, 1.165) is 6.54 Å². The van der Waals surface area contributed by atoms with Gasteiger partial charge >= 0.3 is 0 Å². The molecule has 0 fully saturated rings. The number of pyridine rings is 1. The lowest BCUT2D eigenvalue weighted by Gasteiger charge is -2.09. The Morgan fingerprint density at radius 2 is 2.05 bits per heavy atom. The van der Waals surface area contributed by atoms with Crippen LogP contribution >= 0.6 is 0 Å². The van der Waals surface area contributed by atoms with Crippen molar-refractivity contribution in [1.82, 2.24) is 4.98 Å². The lowest BCUT2D eigenvalue weighted by molar-refractivity contribution is 0.415. The molecule has 7 heteroatoms. The van der Waals surface area contributed by atoms with Gasteiger partial charge in [-0.05, 0) is 31.2 Å². The summed E-state index contributed by atoms with van der Waals surface area (Å²) < 4.78 is 32.1. The number of anilines is 2. The minimum Gasteiger partial charge on any atom is -0.497 e. The lowest BCUT2D eigenvalue weighted by atomic mass is 10.3. The van der Waals surface area contributed by atoms with Gasteiger partial charge in [-0.25, -0.2) is 13.4 Å². The van der Waals surface area contributed by atoms with E-state index < -0.39 is 10.0 Å². The Kier molecular flexibility index (Phi) is 4.64. The third kappa shape index (κ3) is 3.85. The fraction of sp³-hybridized carbons (Fsp3) is 0.214. The van der Waals surface area contributed by atoms with Gasteiger partial charge in [0.2, 0.25) is 0 Å². The fourth-order valence-electron chi connectivity index (χ4n) is 1.73. The highest BCUT2D eigenvalue weighted by Crippen LogP contribution is 2.20. The number of ether oxygens (including phenoxy) is 1. The van der Waals surface area contributed by atoms with Crippen LogP contribution in [-0.4, -0.2) is 27.1 Å². The molecule has 0 radical (unpaired) electrons. The Morgan fingerprint density at radius 1 is 1.24 bits per heavy atom. The van der Waals surface area contributed by atoms with Crippen molar-refractivity contribution in [1.29, 1.82) is 0 Å². The van der Waals surface area contributed by atoms with Crippen LogP contribution in [-0.2, 0) is 10.0 Å². The average Bonchev–Trinajstić information content (AvgIpc) is 2.48. The van der Waals surface area contributed by atoms with E-state index in [4.69, 9.17) is 4.74 Å². The molecule has 0 aliphatic heterocycles. The Hall–Kier alpha value is -2.28. The van der Waals surface area contributed by atoms with E-state index >= 15 is 0 Å². The first kappa shape index (κ1) is 15.1. The number of aromatic nitrogens is 1. The molecule has 2 N–H and O–H groups in total. The third-order valence-corrected chi connectivity index (χ3v) is 4.09. The average molecular weight is 307 g/mol. The van der Waals surface area contributed by atoms with Gasteiger partial charge in [0.05, 0.1) is 12.8 Å². The van der Waals surface area contributed by atoms with Gasteiger partial charge in [-0.3, -0.25) is 4.72 Å². The van der Waals surface area contributed by atoms with Gasteiger partial charge in [-0.15, -0.1) is 0 Å². The molecular weight excluding hydrogens is 290 g/mol. The maximum atomic E-state index is 12.3. The number of sulfonamides is 1. The number of methoxy groups -OCH3 is 1. The summed E-state index contributed by atoms with van der Waals surface area (Å²) in [6.07, 6.45) is 1.32. The number of nitrogens with zero attached hydrogens (tertiary/aromatic N) is 1. The maximum Gasteiger partial charge on any atom is 0.263 e. The number of hydrogen-bond acceptors (Lipinski definition) is 5. The van der Waals surface area contributed by atoms with Gasteiger partial charge in [-0.1, -0.05) is 6.07 Å². The number of rotatable bonds is 6. The second-order valence-corrected chi connectivity index (χ2v) is 5.93. The van der Waals surface area contributed by atoms with E-state index in [-0.39, 0.29) is 4.90 Å². The molecule has 6 nitrogen and oxygen atoms in total. The Labute approximate surface area is 124 Å². The summed E-state index contributed by atoms with van der Waals surface area (Å²) in [5.74, 6) is 1.22. The predicted octanol–water partition coefficient (Wildman–Crippen LogP) is 2.32. The van der Waals surface area contributed by atoms with E-state index in [2.05, 4.69) is 15.0 Å². The van der Waals surface area contributed by atoms with Crippen LogP contribution in [0.5, 0.6) is 5.75 Å². The molecule has 0 spiro atoms. The fourth-order valence-corrected chi connectivity index (χ4v) is 2.72. The highest BCUT2D eigenvalue weighted by atomic mass is 32.2. The molecule has 1 heterocycles. The summed E-state index contributed by atoms with van der Waals surface area (Å²) in [5, 5.41) is 3.01. The van der Waals surface area contributed by atoms with Crippen LogP contribution in [0.1, 0.15) is 6.92 Å². The van der Waals surface area contributed by atoms with E-state index in [1.54, 1.807) is 30.3 Å². The Bertz CT molecular complexity index is 700. The highest BCUT2D eigenvalue weighted by Gasteiger charge is 2.15. The van der Waals surface area contributed by atoms with Crippen molar-refractivity contribution in [2.24, 2.45) is 0 Å². The normalized spacial score (nSPS) is 11.0. The quantitative estimate of drug-likeness (QED) is 0.856. The zero-order valence-corrected chi connectivity index (χ0v) is 12.6. The van der Waals surface area contributed by atoms with Crippen LogP contribution in [0.15, 0.2) is 47.5 Å². The first-order chi connectivity index (χ1) is 10.0. The number of hydrogen-bond donors (Lipinski definition) is 2. The molecule has 2 rings (SSSR count). The van der Waals surface area contributed by atoms with Crippen molar-refractivity contribution in [2.45, 2.75) is 11.8 Å². The molecule has 0 aliphatic rings. The summed E-state index contributed by atoms with van der Waals surface area (Å²) in [6.45, 7) is 2.66. The molecule has 0 aliphatic carbocycles. The van der Waals surface area contributed by atoms with Crippen molar-refractivity contribution < 1.29 is 13.2 Å². The van der Waals surface area contributed by atoms with E-state index in [1.165, 1.54) is 19.4 Å². The summed E-state index contributed by atoms with van der Waals surface area (Å²) in [4.78, 5) is 4.16. The molecule has 0 atom stereocenters. The van der Waals surface area contributed by atoms with Crippen LogP contribution in [0.2, 0.25) is 0 Å². The molecule has 1 aromatic heterocycles. The van der Waals surface area contributed by atoms with Crippen molar-refractivity contribution in [3.8, 4) is 5.75 Å². The SMILES string of the molecule is CCNc1ccc(S(=O)(=O)Nc2cccc(OC)c2)cn1. The molecule has 0 unspecified atom stereocenters. The molecule has 1 aromatic carbocycles. The molecule has 0 amide bonds. The maximum absolute atomic E-state index is 12.3. The second-order valence-electron chi connectivity index (χ2n) is 4.25. The summed E-state index contributed by atoms with van der Waals surface area (Å²) >= 11 is 0. The summed E-state index contributed by atoms with van der Waals surface area (Å²) in [5.41, 5.74) is 0.435. The molecule has 0 saturated heterocycles. The van der Waals surface area contributed by atoms with Gasteiger partial charge in [0.15, 0.2) is 0 Å². The number of benzene rings is 1. The highest BCUT2D eigenvalue weighted by molar-refractivity contribution is 7.92. The topological polar surface area (TPSA) is 80.3 Å². The number of nitrogens with one attached hydrogen (secondary N) is 2. The monoisotopic (exact) mass is 307 g/mol. The summed E-state index contributed by atoms with van der Waals surface area (Å²) in [7, 11) is -2.14. The van der Waals surface area contributed by atoms with Gasteiger partial charge in [-0.2, -0.15) is 0 Å². The second kappa shape index (κ2) is 6.45. The molecule has 2 aromatic rings. The third-order valence-electron chi connectivity index (χ3n) is 2.73. The van der Waals surface area contributed by atoms with Crippen molar-refractivity contribution in [3.63, 3.8) is 0 Å². The lowest BCUT2D eigenvalue weighted by Crippen LogP contribution is -2.13. The molecule has 0 saturated carbocycles. The molecular formula is C14H17N3O3S. The predicted molar refractivity (Wildman–Crippen MR) is 82.2 cm³/mol. The summed E-state index contributed by atoms with van der Waals surface area (Å²) in [6, 6.07) is 9.85. The molecule has 21 heavy (non-hydrogen) atoms. The van der Waals surface area contributed by atoms with Crippen LogP contribution in [0.4, 0.5) is 11.5 Å². The van der Waals surface area contributed by atoms with Crippen LogP contribution in [0, 0.1) is 0 Å². The minimum atomic E-state index is -3.67. The first-order valence-corrected chi connectivity index (χ1v) is 7.90. The molecule has 0 bridgehead atoms. The van der Waals surface area contributed by atoms with Gasteiger partial charge < -0.3 is 10.1 Å². The van der Waals surface area contributed by atoms with Crippen molar-refractivity contribution in [3.05, 3.63) is 42.6 Å². The largest absolute Gasteiger partial charge is 0.497 e. The van der Waals surface area contributed by atoms with Gasteiger partial charge in [0.1, 0.15) is 16.5 Å². The van der Waals surface area contributed by atoms with Crippen LogP contribution in [0.25, 0.3) is 0 Å². The van der Waals surface area contributed by atoms with Crippen molar-refractivity contribution >= 4 is 21.5 Å². The first-order valence-electron chi connectivity index (χ1n) is 6.42. The Morgan fingerprint density at radius 3 is 2.67 bits per heavy atom. The minimum absolute atomic E-state index is 0.104. The van der Waals surface area contributed by atoms with Crippen LogP contribution < -0.4 is 14.8 Å². The molecule has 112 valence electrons. The standard InChI is InChI=1S/C14H17N3O3S/c1-3-15-14-8-7-13(10-16-14)21(18,19)17-11-5-4-6-12(9-11)20-2/h4-10,17H,3H2,1-2H3,(H,15,16). The zero-order chi connectivity index (χ0) is 15.3. The smallest absolute Gasteiger partial charge is 0.263 e. The van der Waals surface area contributed by atoms with E-state index in [0.29, 0.717) is 17.3 Å². The van der Waals surface area contributed by atoms with Gasteiger partial charge in [0, 0.05) is 18.8 Å². The Balaban J connectivity index is 2.21. The zero-order valence-electron chi connectivity index (χ0n) is 11.8. The van der Waals surface area contributed by atoms with Crippen LogP contribution in [0.3, 0.4) is 0 Å². The van der Waals surface area contributed by atoms with Gasteiger partial charge in [0.25, 0.3) is 10.0 Å². The van der Waals surface area contributed by atoms with Crippen molar-refractivity contribution in [2.75, 3.05) is 23.7 Å². The van der Waals surface area contributed by atoms with E-state index in [1.807, 2.05) is 6.92 Å². The van der Waals surface area contributed by atoms with E-state index in [9.17, 15) is 8.42 Å².